The topological polar surface area (TPSA) is 17.1 Å². The first-order chi connectivity index (χ1) is 10.2. The second-order valence-corrected chi connectivity index (χ2v) is 4.99. The van der Waals surface area contributed by atoms with Crippen LogP contribution in [0.5, 0.6) is 0 Å². The van der Waals surface area contributed by atoms with E-state index in [1.807, 2.05) is 36.4 Å². The van der Waals surface area contributed by atoms with Gasteiger partial charge in [-0.1, -0.05) is 43.7 Å². The van der Waals surface area contributed by atoms with Gasteiger partial charge in [0.1, 0.15) is 0 Å². The lowest BCUT2D eigenvalue weighted by atomic mass is 10.0. The molecule has 0 bridgehead atoms. The maximum absolute atomic E-state index is 10.2. The summed E-state index contributed by atoms with van der Waals surface area (Å²) in [6.07, 6.45) is 0.592. The Balaban J connectivity index is 2.13. The lowest BCUT2D eigenvalue weighted by molar-refractivity contribution is -0.103. The first kappa shape index (κ1) is 14.6. The SMILES string of the molecule is CC(C)c1ccc(C#Cc2ccc(C#CC=O)cc2)cc1. The molecule has 2 aromatic rings. The molecule has 0 spiro atoms. The van der Waals surface area contributed by atoms with Crippen LogP contribution < -0.4 is 0 Å². The summed E-state index contributed by atoms with van der Waals surface area (Å²) in [4.78, 5) is 10.2. The number of rotatable bonds is 1. The molecule has 0 aliphatic carbocycles. The lowest BCUT2D eigenvalue weighted by Crippen LogP contribution is -1.86. The van der Waals surface area contributed by atoms with E-state index in [1.165, 1.54) is 5.56 Å². The van der Waals surface area contributed by atoms with E-state index in [0.717, 1.165) is 16.7 Å². The van der Waals surface area contributed by atoms with Crippen molar-refractivity contribution in [1.82, 2.24) is 0 Å². The molecule has 0 N–H and O–H groups in total. The molecule has 0 radical (unpaired) electrons. The van der Waals surface area contributed by atoms with Crippen LogP contribution in [0.15, 0.2) is 48.5 Å². The van der Waals surface area contributed by atoms with Crippen LogP contribution in [0.25, 0.3) is 0 Å². The molecule has 1 nitrogen and oxygen atoms in total. The van der Waals surface area contributed by atoms with Crippen molar-refractivity contribution in [2.24, 2.45) is 0 Å². The van der Waals surface area contributed by atoms with Crippen molar-refractivity contribution < 1.29 is 4.79 Å². The molecule has 2 aromatic carbocycles. The largest absolute Gasteiger partial charge is 0.289 e. The fourth-order valence-electron chi connectivity index (χ4n) is 1.85. The summed E-state index contributed by atoms with van der Waals surface area (Å²) in [5, 5.41) is 0. The monoisotopic (exact) mass is 272 g/mol. The Labute approximate surface area is 126 Å². The van der Waals surface area contributed by atoms with Crippen molar-refractivity contribution in [3.63, 3.8) is 0 Å². The summed E-state index contributed by atoms with van der Waals surface area (Å²) in [7, 11) is 0. The number of aldehydes is 1. The molecule has 21 heavy (non-hydrogen) atoms. The Hall–Kier alpha value is -2.77. The first-order valence-electron chi connectivity index (χ1n) is 6.86. The second-order valence-electron chi connectivity index (χ2n) is 4.99. The number of carbonyl (C=O) groups is 1. The van der Waals surface area contributed by atoms with Crippen molar-refractivity contribution in [3.05, 3.63) is 70.8 Å². The quantitative estimate of drug-likeness (QED) is 0.570. The average Bonchev–Trinajstić information content (AvgIpc) is 2.52. The summed E-state index contributed by atoms with van der Waals surface area (Å²) in [5.41, 5.74) is 4.07. The normalized spacial score (nSPS) is 9.29. The molecule has 102 valence electrons. The van der Waals surface area contributed by atoms with E-state index in [9.17, 15) is 4.79 Å². The van der Waals surface area contributed by atoms with Gasteiger partial charge in [-0.3, -0.25) is 4.79 Å². The predicted molar refractivity (Wildman–Crippen MR) is 85.9 cm³/mol. The van der Waals surface area contributed by atoms with E-state index in [4.69, 9.17) is 0 Å². The summed E-state index contributed by atoms with van der Waals surface area (Å²) in [5.74, 6) is 11.9. The Kier molecular flexibility index (Phi) is 4.97. The number of hydrogen-bond donors (Lipinski definition) is 0. The summed E-state index contributed by atoms with van der Waals surface area (Å²) in [6.45, 7) is 4.35. The van der Waals surface area contributed by atoms with Gasteiger partial charge in [0.25, 0.3) is 0 Å². The van der Waals surface area contributed by atoms with Crippen LogP contribution in [0.3, 0.4) is 0 Å². The van der Waals surface area contributed by atoms with E-state index in [1.54, 1.807) is 0 Å². The highest BCUT2D eigenvalue weighted by atomic mass is 16.1. The van der Waals surface area contributed by atoms with Crippen LogP contribution in [-0.4, -0.2) is 6.29 Å². The highest BCUT2D eigenvalue weighted by Gasteiger charge is 1.97. The minimum absolute atomic E-state index is 0.534. The van der Waals surface area contributed by atoms with Gasteiger partial charge in [0.15, 0.2) is 6.29 Å². The first-order valence-corrected chi connectivity index (χ1v) is 6.86. The number of carbonyl (C=O) groups excluding carboxylic acids is 1. The van der Waals surface area contributed by atoms with Crippen LogP contribution in [-0.2, 0) is 4.79 Å². The van der Waals surface area contributed by atoms with Crippen molar-refractivity contribution in [2.75, 3.05) is 0 Å². The summed E-state index contributed by atoms with van der Waals surface area (Å²) >= 11 is 0. The van der Waals surface area contributed by atoms with Crippen molar-refractivity contribution in [3.8, 4) is 23.7 Å². The van der Waals surface area contributed by atoms with Gasteiger partial charge in [0, 0.05) is 16.7 Å². The Bertz CT molecular complexity index is 727. The molecule has 2 rings (SSSR count). The van der Waals surface area contributed by atoms with Gasteiger partial charge in [-0.25, -0.2) is 0 Å². The fraction of sp³-hybridized carbons (Fsp3) is 0.150. The van der Waals surface area contributed by atoms with Crippen LogP contribution in [0.4, 0.5) is 0 Å². The van der Waals surface area contributed by atoms with E-state index < -0.39 is 0 Å². The predicted octanol–water partition coefficient (Wildman–Crippen LogP) is 3.76. The third kappa shape index (κ3) is 4.37. The van der Waals surface area contributed by atoms with Gasteiger partial charge in [0.2, 0.25) is 0 Å². The summed E-state index contributed by atoms with van der Waals surface area (Å²) < 4.78 is 0. The number of hydrogen-bond acceptors (Lipinski definition) is 1. The standard InChI is InChI=1S/C20H16O/c1-16(2)20-13-11-19(12-14-20)10-9-18-7-5-17(6-8-18)4-3-15-21/h5-8,11-16H,1-2H3. The van der Waals surface area contributed by atoms with Gasteiger partial charge in [0.05, 0.1) is 0 Å². The maximum Gasteiger partial charge on any atom is 0.193 e. The molecule has 0 fully saturated rings. The van der Waals surface area contributed by atoms with Gasteiger partial charge in [-0.15, -0.1) is 0 Å². The number of benzene rings is 2. The van der Waals surface area contributed by atoms with Crippen molar-refractivity contribution in [1.29, 1.82) is 0 Å². The highest BCUT2D eigenvalue weighted by molar-refractivity contribution is 5.74. The van der Waals surface area contributed by atoms with E-state index >= 15 is 0 Å². The molecule has 0 aliphatic heterocycles. The molecule has 0 aromatic heterocycles. The molecular formula is C20H16O. The van der Waals surface area contributed by atoms with Crippen molar-refractivity contribution in [2.45, 2.75) is 19.8 Å². The average molecular weight is 272 g/mol. The third-order valence-corrected chi connectivity index (χ3v) is 3.09. The smallest absolute Gasteiger partial charge is 0.193 e. The molecule has 0 heterocycles. The molecule has 0 aliphatic rings. The third-order valence-electron chi connectivity index (χ3n) is 3.09. The molecule has 0 unspecified atom stereocenters. The zero-order valence-corrected chi connectivity index (χ0v) is 12.2. The van der Waals surface area contributed by atoms with Crippen LogP contribution in [0.1, 0.15) is 42.0 Å². The minimum atomic E-state index is 0.534. The Morgan fingerprint density at radius 3 is 1.62 bits per heavy atom. The molecular weight excluding hydrogens is 256 g/mol. The maximum atomic E-state index is 10.2. The highest BCUT2D eigenvalue weighted by Crippen LogP contribution is 2.14. The molecule has 0 amide bonds. The van der Waals surface area contributed by atoms with Crippen molar-refractivity contribution >= 4 is 6.29 Å². The zero-order chi connectivity index (χ0) is 15.1. The van der Waals surface area contributed by atoms with Gasteiger partial charge in [-0.2, -0.15) is 0 Å². The minimum Gasteiger partial charge on any atom is -0.289 e. The van der Waals surface area contributed by atoms with Gasteiger partial charge < -0.3 is 0 Å². The molecule has 0 saturated heterocycles. The van der Waals surface area contributed by atoms with E-state index in [0.29, 0.717) is 12.2 Å². The molecule has 1 heteroatoms. The lowest BCUT2D eigenvalue weighted by Gasteiger charge is -2.03. The van der Waals surface area contributed by atoms with Crippen LogP contribution in [0, 0.1) is 23.7 Å². The van der Waals surface area contributed by atoms with Crippen LogP contribution >= 0.6 is 0 Å². The molecule has 0 saturated carbocycles. The fourth-order valence-corrected chi connectivity index (χ4v) is 1.85. The van der Waals surface area contributed by atoms with Gasteiger partial charge >= 0.3 is 0 Å². The van der Waals surface area contributed by atoms with Crippen LogP contribution in [0.2, 0.25) is 0 Å². The van der Waals surface area contributed by atoms with E-state index in [-0.39, 0.29) is 0 Å². The zero-order valence-electron chi connectivity index (χ0n) is 12.2. The molecule has 0 atom stereocenters. The summed E-state index contributed by atoms with van der Waals surface area (Å²) in [6, 6.07) is 15.9. The Morgan fingerprint density at radius 1 is 0.762 bits per heavy atom. The Morgan fingerprint density at radius 2 is 1.19 bits per heavy atom. The van der Waals surface area contributed by atoms with Gasteiger partial charge in [-0.05, 0) is 53.8 Å². The van der Waals surface area contributed by atoms with E-state index in [2.05, 4.69) is 49.7 Å². The second kappa shape index (κ2) is 7.13.